The number of carbonyl (C=O) groups excluding carboxylic acids is 1. The van der Waals surface area contributed by atoms with Crippen LogP contribution in [0.2, 0.25) is 0 Å². The fourth-order valence-corrected chi connectivity index (χ4v) is 4.75. The lowest BCUT2D eigenvalue weighted by molar-refractivity contribution is -0.124. The Balaban J connectivity index is 1.20. The van der Waals surface area contributed by atoms with Gasteiger partial charge >= 0.3 is 0 Å². The zero-order chi connectivity index (χ0) is 20.5. The Hall–Kier alpha value is -2.70. The third-order valence-electron chi connectivity index (χ3n) is 6.49. The summed E-state index contributed by atoms with van der Waals surface area (Å²) in [5, 5.41) is 0. The van der Waals surface area contributed by atoms with Crippen molar-refractivity contribution in [1.29, 1.82) is 0 Å². The monoisotopic (exact) mass is 403 g/mol. The third-order valence-corrected chi connectivity index (χ3v) is 6.49. The number of fused-ring (bicyclic) bond motifs is 2. The molecule has 5 rings (SSSR count). The summed E-state index contributed by atoms with van der Waals surface area (Å²) in [5.74, 6) is 0.232. The predicted molar refractivity (Wildman–Crippen MR) is 119 cm³/mol. The Labute approximate surface area is 177 Å². The second-order valence-electron chi connectivity index (χ2n) is 8.41. The van der Waals surface area contributed by atoms with Crippen molar-refractivity contribution in [3.05, 3.63) is 66.1 Å². The molecule has 2 aromatic heterocycles. The number of rotatable bonds is 4. The van der Waals surface area contributed by atoms with E-state index in [1.165, 1.54) is 5.56 Å². The molecule has 1 atom stereocenters. The average Bonchev–Trinajstić information content (AvgIpc) is 3.20. The maximum atomic E-state index is 13.3. The summed E-state index contributed by atoms with van der Waals surface area (Å²) in [4.78, 5) is 24.8. The largest absolute Gasteiger partial charge is 0.311 e. The van der Waals surface area contributed by atoms with E-state index in [4.69, 9.17) is 4.98 Å². The number of hydrogen-bond donors (Lipinski definition) is 0. The summed E-state index contributed by atoms with van der Waals surface area (Å²) in [6, 6.07) is 14.3. The number of anilines is 1. The van der Waals surface area contributed by atoms with E-state index in [-0.39, 0.29) is 11.9 Å². The van der Waals surface area contributed by atoms with Crippen molar-refractivity contribution in [2.75, 3.05) is 37.6 Å². The zero-order valence-electron chi connectivity index (χ0n) is 17.6. The highest BCUT2D eigenvalue weighted by molar-refractivity contribution is 5.98. The minimum Gasteiger partial charge on any atom is -0.311 e. The van der Waals surface area contributed by atoms with Crippen LogP contribution in [0.5, 0.6) is 0 Å². The first-order valence-corrected chi connectivity index (χ1v) is 11.0. The smallest absolute Gasteiger partial charge is 0.244 e. The number of pyridine rings is 1. The molecule has 0 spiro atoms. The number of amides is 1. The molecule has 2 aliphatic rings. The molecule has 4 heterocycles. The molecule has 0 N–H and O–H groups in total. The summed E-state index contributed by atoms with van der Waals surface area (Å²) in [6.07, 6.45) is 6.26. The molecule has 0 aliphatic carbocycles. The maximum absolute atomic E-state index is 13.3. The van der Waals surface area contributed by atoms with Gasteiger partial charge in [-0.15, -0.1) is 0 Å². The topological polar surface area (TPSA) is 44.1 Å². The average molecular weight is 404 g/mol. The first-order valence-electron chi connectivity index (χ1n) is 11.0. The molecule has 1 amide bonds. The van der Waals surface area contributed by atoms with Gasteiger partial charge in [-0.3, -0.25) is 14.6 Å². The van der Waals surface area contributed by atoms with E-state index < -0.39 is 0 Å². The Morgan fingerprint density at radius 2 is 1.83 bits per heavy atom. The minimum absolute atomic E-state index is 0.0894. The number of hydrogen-bond acceptors (Lipinski definition) is 4. The van der Waals surface area contributed by atoms with E-state index >= 15 is 0 Å². The van der Waals surface area contributed by atoms with Gasteiger partial charge in [0.05, 0.1) is 11.7 Å². The standard InChI is InChI=1S/C24H29N5O/c1-19(24(30)29-12-6-8-20-7-2-3-9-22(20)29)27-15-13-26(14-16-27)17-21-18-28-11-5-4-10-23(28)25-21/h2-5,7,9-11,18-19H,6,8,12-17H2,1H3/t19-/m1/s1. The molecule has 0 unspecified atom stereocenters. The van der Waals surface area contributed by atoms with E-state index in [0.717, 1.165) is 69.1 Å². The first-order chi connectivity index (χ1) is 14.7. The molecular weight excluding hydrogens is 374 g/mol. The van der Waals surface area contributed by atoms with E-state index in [0.29, 0.717) is 0 Å². The molecule has 0 bridgehead atoms. The first kappa shape index (κ1) is 19.3. The van der Waals surface area contributed by atoms with Gasteiger partial charge in [-0.25, -0.2) is 4.98 Å². The highest BCUT2D eigenvalue weighted by Crippen LogP contribution is 2.28. The molecule has 3 aromatic rings. The molecule has 0 radical (unpaired) electrons. The second kappa shape index (κ2) is 8.20. The van der Waals surface area contributed by atoms with Crippen molar-refractivity contribution in [2.24, 2.45) is 0 Å². The van der Waals surface area contributed by atoms with Crippen LogP contribution in [0.15, 0.2) is 54.9 Å². The number of carbonyl (C=O) groups is 1. The SMILES string of the molecule is C[C@H](C(=O)N1CCCc2ccccc21)N1CCN(Cc2cn3ccccc3n2)CC1. The van der Waals surface area contributed by atoms with Crippen LogP contribution in [-0.4, -0.2) is 63.9 Å². The molecule has 0 saturated carbocycles. The highest BCUT2D eigenvalue weighted by Gasteiger charge is 2.31. The fraction of sp³-hybridized carbons (Fsp3) is 0.417. The van der Waals surface area contributed by atoms with Crippen LogP contribution in [0, 0.1) is 0 Å². The predicted octanol–water partition coefficient (Wildman–Crippen LogP) is 2.82. The van der Waals surface area contributed by atoms with Crippen LogP contribution >= 0.6 is 0 Å². The van der Waals surface area contributed by atoms with Crippen LogP contribution in [0.3, 0.4) is 0 Å². The Kier molecular flexibility index (Phi) is 5.27. The van der Waals surface area contributed by atoms with Gasteiger partial charge in [0, 0.05) is 57.3 Å². The molecule has 156 valence electrons. The van der Waals surface area contributed by atoms with Crippen LogP contribution < -0.4 is 4.90 Å². The minimum atomic E-state index is -0.0894. The van der Waals surface area contributed by atoms with Crippen LogP contribution in [-0.2, 0) is 17.8 Å². The molecule has 2 aliphatic heterocycles. The second-order valence-corrected chi connectivity index (χ2v) is 8.41. The summed E-state index contributed by atoms with van der Waals surface area (Å²) in [6.45, 7) is 7.50. The number of nitrogens with zero attached hydrogens (tertiary/aromatic N) is 5. The van der Waals surface area contributed by atoms with Gasteiger partial charge in [0.1, 0.15) is 5.65 Å². The van der Waals surface area contributed by atoms with Crippen molar-refractivity contribution >= 4 is 17.2 Å². The number of imidazole rings is 1. The van der Waals surface area contributed by atoms with Crippen molar-refractivity contribution in [2.45, 2.75) is 32.4 Å². The molecule has 30 heavy (non-hydrogen) atoms. The summed E-state index contributed by atoms with van der Waals surface area (Å²) in [5.41, 5.74) is 4.49. The lowest BCUT2D eigenvalue weighted by Crippen LogP contribution is -2.55. The van der Waals surface area contributed by atoms with E-state index in [1.54, 1.807) is 0 Å². The third kappa shape index (κ3) is 3.73. The quantitative estimate of drug-likeness (QED) is 0.672. The van der Waals surface area contributed by atoms with Crippen molar-refractivity contribution in [1.82, 2.24) is 19.2 Å². The summed E-state index contributed by atoms with van der Waals surface area (Å²) < 4.78 is 2.07. The maximum Gasteiger partial charge on any atom is 0.244 e. The van der Waals surface area contributed by atoms with Gasteiger partial charge in [-0.1, -0.05) is 24.3 Å². The van der Waals surface area contributed by atoms with E-state index in [9.17, 15) is 4.79 Å². The van der Waals surface area contributed by atoms with Crippen molar-refractivity contribution in [3.8, 4) is 0 Å². The van der Waals surface area contributed by atoms with Crippen LogP contribution in [0.25, 0.3) is 5.65 Å². The Bertz CT molecular complexity index is 1000. The lowest BCUT2D eigenvalue weighted by atomic mass is 10.0. The number of aromatic nitrogens is 2. The number of para-hydroxylation sites is 1. The van der Waals surface area contributed by atoms with Crippen LogP contribution in [0.1, 0.15) is 24.6 Å². The van der Waals surface area contributed by atoms with E-state index in [1.807, 2.05) is 35.4 Å². The van der Waals surface area contributed by atoms with Gasteiger partial charge in [0.2, 0.25) is 5.91 Å². The molecule has 1 saturated heterocycles. The van der Waals surface area contributed by atoms with Crippen molar-refractivity contribution < 1.29 is 4.79 Å². The Morgan fingerprint density at radius 1 is 1.03 bits per heavy atom. The van der Waals surface area contributed by atoms with Crippen molar-refractivity contribution in [3.63, 3.8) is 0 Å². The lowest BCUT2D eigenvalue weighted by Gasteiger charge is -2.39. The Morgan fingerprint density at radius 3 is 2.67 bits per heavy atom. The normalized spacial score (nSPS) is 19.0. The molecule has 1 fully saturated rings. The number of benzene rings is 1. The fourth-order valence-electron chi connectivity index (χ4n) is 4.75. The van der Waals surface area contributed by atoms with E-state index in [2.05, 4.69) is 45.5 Å². The van der Waals surface area contributed by atoms with Gasteiger partial charge in [-0.2, -0.15) is 0 Å². The zero-order valence-corrected chi connectivity index (χ0v) is 17.6. The molecule has 6 heteroatoms. The number of aryl methyl sites for hydroxylation is 1. The summed E-state index contributed by atoms with van der Waals surface area (Å²) in [7, 11) is 0. The van der Waals surface area contributed by atoms with Gasteiger partial charge in [0.15, 0.2) is 0 Å². The van der Waals surface area contributed by atoms with Gasteiger partial charge in [-0.05, 0) is 43.5 Å². The van der Waals surface area contributed by atoms with Gasteiger partial charge < -0.3 is 9.30 Å². The molecule has 6 nitrogen and oxygen atoms in total. The highest BCUT2D eigenvalue weighted by atomic mass is 16.2. The molecule has 1 aromatic carbocycles. The number of piperazine rings is 1. The van der Waals surface area contributed by atoms with Gasteiger partial charge in [0.25, 0.3) is 0 Å². The molecular formula is C24H29N5O. The summed E-state index contributed by atoms with van der Waals surface area (Å²) >= 11 is 0. The van der Waals surface area contributed by atoms with Crippen LogP contribution in [0.4, 0.5) is 5.69 Å².